The molecule has 2 nitrogen and oxygen atoms in total. The summed E-state index contributed by atoms with van der Waals surface area (Å²) in [6.07, 6.45) is 0. The highest BCUT2D eigenvalue weighted by Crippen LogP contribution is 2.30. The minimum absolute atomic E-state index is 0.187. The fourth-order valence-electron chi connectivity index (χ4n) is 1.42. The Bertz CT molecular complexity index is 466. The lowest BCUT2D eigenvalue weighted by atomic mass is 9.87. The van der Waals surface area contributed by atoms with E-state index in [0.29, 0.717) is 5.82 Å². The van der Waals surface area contributed by atoms with Crippen molar-refractivity contribution in [3.05, 3.63) is 23.8 Å². The van der Waals surface area contributed by atoms with E-state index in [1.165, 1.54) is 21.8 Å². The summed E-state index contributed by atoms with van der Waals surface area (Å²) in [5.74, 6) is 0.644. The number of nitrogens with zero attached hydrogens (tertiary/aromatic N) is 1. The maximum absolute atomic E-state index is 5.73. The van der Waals surface area contributed by atoms with Crippen molar-refractivity contribution in [3.8, 4) is 0 Å². The van der Waals surface area contributed by atoms with Gasteiger partial charge < -0.3 is 5.73 Å². The SMILES string of the molecule is CC(C)(C)c1ccc2c(N)nsc2c1. The van der Waals surface area contributed by atoms with Crippen molar-refractivity contribution in [2.75, 3.05) is 5.73 Å². The molecule has 0 unspecified atom stereocenters. The molecule has 0 radical (unpaired) electrons. The van der Waals surface area contributed by atoms with Crippen molar-refractivity contribution in [1.29, 1.82) is 0 Å². The van der Waals surface area contributed by atoms with Crippen LogP contribution in [0.5, 0.6) is 0 Å². The quantitative estimate of drug-likeness (QED) is 0.719. The molecule has 0 aliphatic heterocycles. The van der Waals surface area contributed by atoms with E-state index in [0.717, 1.165) is 5.39 Å². The molecule has 0 spiro atoms. The van der Waals surface area contributed by atoms with Gasteiger partial charge >= 0.3 is 0 Å². The van der Waals surface area contributed by atoms with Gasteiger partial charge in [-0.25, -0.2) is 0 Å². The van der Waals surface area contributed by atoms with E-state index in [4.69, 9.17) is 5.73 Å². The van der Waals surface area contributed by atoms with Gasteiger partial charge in [0.25, 0.3) is 0 Å². The predicted octanol–water partition coefficient (Wildman–Crippen LogP) is 3.18. The Balaban J connectivity index is 2.63. The molecule has 1 aromatic heterocycles. The molecule has 0 saturated heterocycles. The molecular weight excluding hydrogens is 192 g/mol. The van der Waals surface area contributed by atoms with Crippen LogP contribution in [0, 0.1) is 0 Å². The Hall–Kier alpha value is -1.09. The lowest BCUT2D eigenvalue weighted by Crippen LogP contribution is -2.10. The Morgan fingerprint density at radius 2 is 2.00 bits per heavy atom. The summed E-state index contributed by atoms with van der Waals surface area (Å²) < 4.78 is 5.31. The zero-order chi connectivity index (χ0) is 10.3. The number of anilines is 1. The number of nitrogen functional groups attached to an aromatic ring is 1. The van der Waals surface area contributed by atoms with Crippen LogP contribution in [0.15, 0.2) is 18.2 Å². The highest BCUT2D eigenvalue weighted by Gasteiger charge is 2.14. The van der Waals surface area contributed by atoms with Gasteiger partial charge in [-0.1, -0.05) is 26.8 Å². The normalized spacial score (nSPS) is 12.2. The van der Waals surface area contributed by atoms with Crippen molar-refractivity contribution >= 4 is 27.4 Å². The minimum Gasteiger partial charge on any atom is -0.382 e. The van der Waals surface area contributed by atoms with Gasteiger partial charge in [-0.15, -0.1) is 0 Å². The lowest BCUT2D eigenvalue weighted by Gasteiger charge is -2.18. The standard InChI is InChI=1S/C11H14N2S/c1-11(2,3)7-4-5-8-9(6-7)14-13-10(8)12/h4-6H,1-3H3,(H2,12,13). The number of nitrogens with two attached hydrogens (primary N) is 1. The second-order valence-electron chi connectivity index (χ2n) is 4.53. The van der Waals surface area contributed by atoms with E-state index in [1.54, 1.807) is 0 Å². The average molecular weight is 206 g/mol. The van der Waals surface area contributed by atoms with Crippen LogP contribution in [-0.2, 0) is 5.41 Å². The Labute approximate surface area is 87.9 Å². The highest BCUT2D eigenvalue weighted by molar-refractivity contribution is 7.13. The molecule has 2 rings (SSSR count). The molecule has 0 aliphatic rings. The van der Waals surface area contributed by atoms with Gasteiger partial charge in [0.2, 0.25) is 0 Å². The van der Waals surface area contributed by atoms with E-state index in [9.17, 15) is 0 Å². The number of hydrogen-bond acceptors (Lipinski definition) is 3. The summed E-state index contributed by atoms with van der Waals surface area (Å²) >= 11 is 1.47. The van der Waals surface area contributed by atoms with Crippen molar-refractivity contribution in [2.24, 2.45) is 0 Å². The van der Waals surface area contributed by atoms with E-state index in [-0.39, 0.29) is 5.41 Å². The third-order valence-corrected chi connectivity index (χ3v) is 3.19. The second kappa shape index (κ2) is 2.95. The average Bonchev–Trinajstić information content (AvgIpc) is 2.46. The molecule has 1 heterocycles. The third-order valence-electron chi connectivity index (χ3n) is 2.37. The first kappa shape index (κ1) is 9.46. The molecule has 0 saturated carbocycles. The van der Waals surface area contributed by atoms with E-state index < -0.39 is 0 Å². The van der Waals surface area contributed by atoms with Gasteiger partial charge in [0, 0.05) is 5.39 Å². The smallest absolute Gasteiger partial charge is 0.144 e. The van der Waals surface area contributed by atoms with Gasteiger partial charge in [0.15, 0.2) is 0 Å². The highest BCUT2D eigenvalue weighted by atomic mass is 32.1. The fourth-order valence-corrected chi connectivity index (χ4v) is 2.17. The molecule has 14 heavy (non-hydrogen) atoms. The molecule has 0 bridgehead atoms. The van der Waals surface area contributed by atoms with Crippen LogP contribution < -0.4 is 5.73 Å². The molecule has 74 valence electrons. The zero-order valence-corrected chi connectivity index (χ0v) is 9.48. The predicted molar refractivity (Wildman–Crippen MR) is 62.7 cm³/mol. The van der Waals surface area contributed by atoms with Gasteiger partial charge in [-0.05, 0) is 34.6 Å². The summed E-state index contributed by atoms with van der Waals surface area (Å²) in [6, 6.07) is 6.38. The first-order valence-corrected chi connectivity index (χ1v) is 5.41. The van der Waals surface area contributed by atoms with Crippen molar-refractivity contribution in [1.82, 2.24) is 4.37 Å². The molecule has 0 atom stereocenters. The van der Waals surface area contributed by atoms with Crippen LogP contribution in [0.3, 0.4) is 0 Å². The Morgan fingerprint density at radius 1 is 1.29 bits per heavy atom. The number of fused-ring (bicyclic) bond motifs is 1. The van der Waals surface area contributed by atoms with Crippen LogP contribution in [0.1, 0.15) is 26.3 Å². The van der Waals surface area contributed by atoms with E-state index in [2.05, 4.69) is 43.3 Å². The van der Waals surface area contributed by atoms with Gasteiger partial charge in [0.05, 0.1) is 4.70 Å². The largest absolute Gasteiger partial charge is 0.382 e. The lowest BCUT2D eigenvalue weighted by molar-refractivity contribution is 0.591. The topological polar surface area (TPSA) is 38.9 Å². The first-order chi connectivity index (χ1) is 6.48. The number of benzene rings is 1. The summed E-state index contributed by atoms with van der Waals surface area (Å²) in [5.41, 5.74) is 7.25. The van der Waals surface area contributed by atoms with Gasteiger partial charge in [-0.3, -0.25) is 0 Å². The van der Waals surface area contributed by atoms with Gasteiger partial charge in [-0.2, -0.15) is 4.37 Å². The summed E-state index contributed by atoms with van der Waals surface area (Å²) in [4.78, 5) is 0. The fraction of sp³-hybridized carbons (Fsp3) is 0.364. The molecule has 1 aromatic carbocycles. The molecule has 0 fully saturated rings. The van der Waals surface area contributed by atoms with Crippen LogP contribution in [0.2, 0.25) is 0 Å². The van der Waals surface area contributed by atoms with Crippen LogP contribution in [0.25, 0.3) is 10.1 Å². The number of hydrogen-bond donors (Lipinski definition) is 1. The van der Waals surface area contributed by atoms with E-state index >= 15 is 0 Å². The molecule has 0 aliphatic carbocycles. The van der Waals surface area contributed by atoms with Crippen LogP contribution in [-0.4, -0.2) is 4.37 Å². The van der Waals surface area contributed by atoms with Crippen molar-refractivity contribution in [3.63, 3.8) is 0 Å². The maximum atomic E-state index is 5.73. The summed E-state index contributed by atoms with van der Waals surface area (Å²) in [5, 5.41) is 1.07. The number of rotatable bonds is 0. The molecule has 3 heteroatoms. The molecule has 2 N–H and O–H groups in total. The molecular formula is C11H14N2S. The summed E-state index contributed by atoms with van der Waals surface area (Å²) in [6.45, 7) is 6.62. The van der Waals surface area contributed by atoms with Crippen LogP contribution >= 0.6 is 11.5 Å². The van der Waals surface area contributed by atoms with Crippen LogP contribution in [0.4, 0.5) is 5.82 Å². The minimum atomic E-state index is 0.187. The zero-order valence-electron chi connectivity index (χ0n) is 8.66. The first-order valence-electron chi connectivity index (χ1n) is 4.64. The monoisotopic (exact) mass is 206 g/mol. The molecule has 0 amide bonds. The van der Waals surface area contributed by atoms with E-state index in [1.807, 2.05) is 0 Å². The molecule has 2 aromatic rings. The van der Waals surface area contributed by atoms with Crippen molar-refractivity contribution < 1.29 is 0 Å². The van der Waals surface area contributed by atoms with Crippen molar-refractivity contribution in [2.45, 2.75) is 26.2 Å². The third kappa shape index (κ3) is 1.48. The summed E-state index contributed by atoms with van der Waals surface area (Å²) in [7, 11) is 0. The maximum Gasteiger partial charge on any atom is 0.144 e. The van der Waals surface area contributed by atoms with Gasteiger partial charge in [0.1, 0.15) is 5.82 Å². The Morgan fingerprint density at radius 3 is 2.64 bits per heavy atom. The Kier molecular flexibility index (Phi) is 2.00. The number of aromatic nitrogens is 1. The second-order valence-corrected chi connectivity index (χ2v) is 5.33.